The molecule has 0 saturated heterocycles. The zero-order valence-corrected chi connectivity index (χ0v) is 11.5. The fourth-order valence-corrected chi connectivity index (χ4v) is 2.04. The average molecular weight is 275 g/mol. The predicted octanol–water partition coefficient (Wildman–Crippen LogP) is 3.43. The molecule has 1 heterocycles. The second kappa shape index (κ2) is 6.26. The summed E-state index contributed by atoms with van der Waals surface area (Å²) in [4.78, 5) is 0. The summed E-state index contributed by atoms with van der Waals surface area (Å²) in [5.41, 5.74) is 2.43. The maximum Gasteiger partial charge on any atom is 0.101 e. The minimum atomic E-state index is 0.589. The highest BCUT2D eigenvalue weighted by molar-refractivity contribution is 6.30. The Morgan fingerprint density at radius 1 is 1.42 bits per heavy atom. The summed E-state index contributed by atoms with van der Waals surface area (Å²) in [6.07, 6.45) is 2.82. The van der Waals surface area contributed by atoms with Gasteiger partial charge < -0.3 is 5.32 Å². The summed E-state index contributed by atoms with van der Waals surface area (Å²) in [5.74, 6) is 0. The van der Waals surface area contributed by atoms with E-state index in [-0.39, 0.29) is 0 Å². The van der Waals surface area contributed by atoms with E-state index in [9.17, 15) is 0 Å². The number of aromatic nitrogens is 2. The van der Waals surface area contributed by atoms with Crippen LogP contribution in [0.1, 0.15) is 24.6 Å². The number of benzene rings is 1. The number of hydrogen-bond donors (Lipinski definition) is 1. The van der Waals surface area contributed by atoms with Gasteiger partial charge in [-0.05, 0) is 30.7 Å². The van der Waals surface area contributed by atoms with Crippen LogP contribution in [0.4, 0.5) is 5.69 Å². The summed E-state index contributed by atoms with van der Waals surface area (Å²) in [5, 5.41) is 17.2. The Hall–Kier alpha value is -1.99. The van der Waals surface area contributed by atoms with Gasteiger partial charge in [0.05, 0.1) is 23.5 Å². The molecule has 0 radical (unpaired) electrons. The van der Waals surface area contributed by atoms with Gasteiger partial charge in [0.15, 0.2) is 0 Å². The van der Waals surface area contributed by atoms with Crippen molar-refractivity contribution in [2.45, 2.75) is 26.4 Å². The van der Waals surface area contributed by atoms with Crippen molar-refractivity contribution in [2.24, 2.45) is 0 Å². The summed E-state index contributed by atoms with van der Waals surface area (Å²) in [7, 11) is 0. The van der Waals surface area contributed by atoms with Crippen LogP contribution in [0.15, 0.2) is 30.5 Å². The molecular weight excluding hydrogens is 260 g/mol. The molecule has 1 aromatic carbocycles. The first-order valence-electron chi connectivity index (χ1n) is 6.18. The third-order valence-corrected chi connectivity index (χ3v) is 3.04. The molecule has 0 aliphatic rings. The molecule has 2 aromatic rings. The Balaban J connectivity index is 2.12. The zero-order valence-electron chi connectivity index (χ0n) is 10.7. The van der Waals surface area contributed by atoms with Crippen molar-refractivity contribution in [3.05, 3.63) is 46.7 Å². The molecular formula is C14H15ClN4. The minimum absolute atomic E-state index is 0.589. The second-order valence-corrected chi connectivity index (χ2v) is 4.64. The Labute approximate surface area is 117 Å². The van der Waals surface area contributed by atoms with E-state index in [0.29, 0.717) is 17.1 Å². The van der Waals surface area contributed by atoms with E-state index >= 15 is 0 Å². The number of nitrogens with one attached hydrogen (secondary N) is 1. The Bertz CT molecular complexity index is 598. The third kappa shape index (κ3) is 3.27. The summed E-state index contributed by atoms with van der Waals surface area (Å²) >= 11 is 5.95. The lowest BCUT2D eigenvalue weighted by molar-refractivity contribution is 0.578. The van der Waals surface area contributed by atoms with E-state index in [1.165, 1.54) is 0 Å². The minimum Gasteiger partial charge on any atom is -0.378 e. The molecule has 0 bridgehead atoms. The number of nitrogens with zero attached hydrogens (tertiary/aromatic N) is 3. The Kier molecular flexibility index (Phi) is 4.43. The van der Waals surface area contributed by atoms with Gasteiger partial charge in [-0.3, -0.25) is 4.68 Å². The lowest BCUT2D eigenvalue weighted by Crippen LogP contribution is -2.09. The molecule has 0 saturated carbocycles. The lowest BCUT2D eigenvalue weighted by atomic mass is 10.2. The summed E-state index contributed by atoms with van der Waals surface area (Å²) < 4.78 is 1.96. The first kappa shape index (κ1) is 13.4. The molecule has 4 nitrogen and oxygen atoms in total. The fourth-order valence-electron chi connectivity index (χ4n) is 1.87. The molecule has 5 heteroatoms. The van der Waals surface area contributed by atoms with E-state index in [4.69, 9.17) is 16.9 Å². The van der Waals surface area contributed by atoms with E-state index in [0.717, 1.165) is 24.3 Å². The molecule has 1 aromatic heterocycles. The van der Waals surface area contributed by atoms with Crippen LogP contribution >= 0.6 is 11.6 Å². The molecule has 19 heavy (non-hydrogen) atoms. The van der Waals surface area contributed by atoms with Crippen molar-refractivity contribution < 1.29 is 0 Å². The topological polar surface area (TPSA) is 53.6 Å². The van der Waals surface area contributed by atoms with Gasteiger partial charge in [-0.15, -0.1) is 0 Å². The van der Waals surface area contributed by atoms with Crippen LogP contribution in [0.2, 0.25) is 5.02 Å². The van der Waals surface area contributed by atoms with Gasteiger partial charge in [-0.2, -0.15) is 10.4 Å². The SMILES string of the molecule is CCCn1nccc1CNc1cc(Cl)ccc1C#N. The number of hydrogen-bond acceptors (Lipinski definition) is 3. The largest absolute Gasteiger partial charge is 0.378 e. The van der Waals surface area contributed by atoms with E-state index in [1.54, 1.807) is 24.4 Å². The van der Waals surface area contributed by atoms with Gasteiger partial charge in [0.2, 0.25) is 0 Å². The standard InChI is InChI=1S/C14H15ClN4/c1-2-7-19-13(5-6-18-19)10-17-14-8-12(15)4-3-11(14)9-16/h3-6,8,17H,2,7,10H2,1H3. The van der Waals surface area contributed by atoms with Gasteiger partial charge in [-0.25, -0.2) is 0 Å². The first-order valence-corrected chi connectivity index (χ1v) is 6.56. The first-order chi connectivity index (χ1) is 9.24. The van der Waals surface area contributed by atoms with Crippen molar-refractivity contribution in [3.8, 4) is 6.07 Å². The van der Waals surface area contributed by atoms with Crippen LogP contribution in [-0.4, -0.2) is 9.78 Å². The van der Waals surface area contributed by atoms with Crippen LogP contribution in [0.3, 0.4) is 0 Å². The van der Waals surface area contributed by atoms with Crippen molar-refractivity contribution in [1.82, 2.24) is 9.78 Å². The smallest absolute Gasteiger partial charge is 0.101 e. The molecule has 2 rings (SSSR count). The van der Waals surface area contributed by atoms with E-state index in [1.807, 2.05) is 10.7 Å². The molecule has 0 aliphatic carbocycles. The van der Waals surface area contributed by atoms with Crippen molar-refractivity contribution in [1.29, 1.82) is 5.26 Å². The highest BCUT2D eigenvalue weighted by atomic mass is 35.5. The van der Waals surface area contributed by atoms with Crippen LogP contribution in [0, 0.1) is 11.3 Å². The molecule has 0 atom stereocenters. The van der Waals surface area contributed by atoms with Gasteiger partial charge >= 0.3 is 0 Å². The maximum absolute atomic E-state index is 9.05. The van der Waals surface area contributed by atoms with Crippen LogP contribution in [0.5, 0.6) is 0 Å². The molecule has 1 N–H and O–H groups in total. The van der Waals surface area contributed by atoms with Crippen molar-refractivity contribution in [2.75, 3.05) is 5.32 Å². The highest BCUT2D eigenvalue weighted by Gasteiger charge is 2.05. The summed E-state index contributed by atoms with van der Waals surface area (Å²) in [6.45, 7) is 3.63. The van der Waals surface area contributed by atoms with Gasteiger partial charge in [0, 0.05) is 17.8 Å². The molecule has 0 fully saturated rings. The lowest BCUT2D eigenvalue weighted by Gasteiger charge is -2.10. The number of anilines is 1. The highest BCUT2D eigenvalue weighted by Crippen LogP contribution is 2.21. The van der Waals surface area contributed by atoms with Gasteiger partial charge in [0.25, 0.3) is 0 Å². The monoisotopic (exact) mass is 274 g/mol. The molecule has 98 valence electrons. The van der Waals surface area contributed by atoms with Crippen LogP contribution < -0.4 is 5.32 Å². The van der Waals surface area contributed by atoms with Crippen molar-refractivity contribution >= 4 is 17.3 Å². The summed E-state index contributed by atoms with van der Waals surface area (Å²) in [6, 6.07) is 9.32. The predicted molar refractivity (Wildman–Crippen MR) is 76.0 cm³/mol. The Morgan fingerprint density at radius 3 is 3.00 bits per heavy atom. The average Bonchev–Trinajstić information content (AvgIpc) is 2.84. The van der Waals surface area contributed by atoms with Gasteiger partial charge in [0.1, 0.15) is 6.07 Å². The number of halogens is 1. The molecule has 0 amide bonds. The maximum atomic E-state index is 9.05. The van der Waals surface area contributed by atoms with Gasteiger partial charge in [-0.1, -0.05) is 18.5 Å². The normalized spacial score (nSPS) is 10.2. The second-order valence-electron chi connectivity index (χ2n) is 4.20. The van der Waals surface area contributed by atoms with Crippen molar-refractivity contribution in [3.63, 3.8) is 0 Å². The number of rotatable bonds is 5. The Morgan fingerprint density at radius 2 is 2.26 bits per heavy atom. The molecule has 0 aliphatic heterocycles. The third-order valence-electron chi connectivity index (χ3n) is 2.80. The molecule has 0 spiro atoms. The fraction of sp³-hybridized carbons (Fsp3) is 0.286. The number of nitriles is 1. The van der Waals surface area contributed by atoms with E-state index in [2.05, 4.69) is 23.4 Å². The van der Waals surface area contributed by atoms with E-state index < -0.39 is 0 Å². The van der Waals surface area contributed by atoms with Crippen LogP contribution in [0.25, 0.3) is 0 Å². The quantitative estimate of drug-likeness (QED) is 0.909. The number of aryl methyl sites for hydroxylation is 1. The zero-order chi connectivity index (χ0) is 13.7. The molecule has 0 unspecified atom stereocenters. The van der Waals surface area contributed by atoms with Crippen LogP contribution in [-0.2, 0) is 13.1 Å².